The molecule has 0 saturated carbocycles. The molecule has 2 N–H and O–H groups in total. The van der Waals surface area contributed by atoms with Crippen molar-refractivity contribution in [2.75, 3.05) is 10.0 Å². The highest BCUT2D eigenvalue weighted by Gasteiger charge is 2.15. The average molecular weight is 452 g/mol. The van der Waals surface area contributed by atoms with Crippen LogP contribution in [-0.4, -0.2) is 23.4 Å². The highest BCUT2D eigenvalue weighted by Crippen LogP contribution is 2.30. The third-order valence-corrected chi connectivity index (χ3v) is 6.18. The van der Waals surface area contributed by atoms with E-state index in [1.807, 2.05) is 25.1 Å². The quantitative estimate of drug-likeness (QED) is 0.426. The lowest BCUT2D eigenvalue weighted by molar-refractivity contribution is 0.601. The Morgan fingerprint density at radius 1 is 0.935 bits per heavy atom. The van der Waals surface area contributed by atoms with Gasteiger partial charge in [-0.25, -0.2) is 23.4 Å². The zero-order valence-corrected chi connectivity index (χ0v) is 18.0. The molecule has 7 nitrogen and oxygen atoms in total. The number of pyridine rings is 1. The first-order chi connectivity index (χ1) is 14.9. The molecule has 0 aliphatic heterocycles. The van der Waals surface area contributed by atoms with Crippen molar-refractivity contribution in [3.63, 3.8) is 0 Å². The Bertz CT molecular complexity index is 1310. The molecular formula is C22H18ClN5O2S. The first-order valence-electron chi connectivity index (χ1n) is 9.30. The van der Waals surface area contributed by atoms with E-state index < -0.39 is 10.0 Å². The Labute approximate surface area is 185 Å². The van der Waals surface area contributed by atoms with Gasteiger partial charge in [-0.05, 0) is 67.1 Å². The molecule has 0 unspecified atom stereocenters. The Balaban J connectivity index is 1.63. The number of nitrogens with one attached hydrogen (secondary N) is 2. The lowest BCUT2D eigenvalue weighted by Gasteiger charge is -2.15. The van der Waals surface area contributed by atoms with Crippen LogP contribution in [0.15, 0.2) is 84.3 Å². The van der Waals surface area contributed by atoms with Gasteiger partial charge in [-0.3, -0.25) is 4.72 Å². The molecule has 156 valence electrons. The Morgan fingerprint density at radius 2 is 1.74 bits per heavy atom. The van der Waals surface area contributed by atoms with Gasteiger partial charge in [0.05, 0.1) is 16.3 Å². The molecule has 9 heteroatoms. The summed E-state index contributed by atoms with van der Waals surface area (Å²) in [6, 6.07) is 16.8. The van der Waals surface area contributed by atoms with Gasteiger partial charge in [0.2, 0.25) is 0 Å². The summed E-state index contributed by atoms with van der Waals surface area (Å²) >= 11 is 5.86. The molecule has 0 spiro atoms. The fourth-order valence-corrected chi connectivity index (χ4v) is 4.11. The molecule has 2 aromatic heterocycles. The van der Waals surface area contributed by atoms with E-state index in [-0.39, 0.29) is 4.90 Å². The molecule has 0 aliphatic rings. The first kappa shape index (κ1) is 20.8. The van der Waals surface area contributed by atoms with Crippen LogP contribution in [0.3, 0.4) is 0 Å². The Morgan fingerprint density at radius 3 is 2.48 bits per heavy atom. The van der Waals surface area contributed by atoms with Gasteiger partial charge in [0, 0.05) is 28.7 Å². The van der Waals surface area contributed by atoms with Crippen LogP contribution < -0.4 is 10.0 Å². The number of hydrogen-bond acceptors (Lipinski definition) is 6. The maximum atomic E-state index is 12.7. The van der Waals surface area contributed by atoms with E-state index in [0.717, 1.165) is 16.8 Å². The summed E-state index contributed by atoms with van der Waals surface area (Å²) < 4.78 is 28.0. The molecule has 0 aliphatic carbocycles. The van der Waals surface area contributed by atoms with E-state index in [9.17, 15) is 8.42 Å². The highest BCUT2D eigenvalue weighted by molar-refractivity contribution is 7.92. The van der Waals surface area contributed by atoms with Crippen molar-refractivity contribution in [3.05, 3.63) is 90.0 Å². The van der Waals surface area contributed by atoms with E-state index in [1.165, 1.54) is 30.6 Å². The van der Waals surface area contributed by atoms with Crippen LogP contribution in [0.1, 0.15) is 5.56 Å². The van der Waals surface area contributed by atoms with Crippen molar-refractivity contribution in [1.82, 2.24) is 15.0 Å². The number of aryl methyl sites for hydroxylation is 1. The molecule has 4 rings (SSSR count). The summed E-state index contributed by atoms with van der Waals surface area (Å²) in [5.41, 5.74) is 3.58. The monoisotopic (exact) mass is 451 g/mol. The van der Waals surface area contributed by atoms with Crippen molar-refractivity contribution in [1.29, 1.82) is 0 Å². The van der Waals surface area contributed by atoms with Crippen LogP contribution in [0.4, 0.5) is 17.2 Å². The van der Waals surface area contributed by atoms with Crippen LogP contribution in [0.25, 0.3) is 11.3 Å². The fourth-order valence-electron chi connectivity index (χ4n) is 2.94. The van der Waals surface area contributed by atoms with Crippen molar-refractivity contribution in [2.24, 2.45) is 0 Å². The summed E-state index contributed by atoms with van der Waals surface area (Å²) in [6.45, 7) is 1.92. The third kappa shape index (κ3) is 4.82. The SMILES string of the molecule is Cc1ccc(NS(=O)(=O)c2ccc(Cl)cc2)cc1Nc1ncccc1-c1ccncn1. The van der Waals surface area contributed by atoms with E-state index in [2.05, 4.69) is 25.0 Å². The van der Waals surface area contributed by atoms with Crippen LogP contribution >= 0.6 is 11.6 Å². The van der Waals surface area contributed by atoms with Crippen molar-refractivity contribution in [3.8, 4) is 11.3 Å². The number of rotatable bonds is 6. The van der Waals surface area contributed by atoms with Gasteiger partial charge >= 0.3 is 0 Å². The molecule has 0 fully saturated rings. The van der Waals surface area contributed by atoms with Crippen molar-refractivity contribution >= 4 is 38.8 Å². The molecule has 0 saturated heterocycles. The Kier molecular flexibility index (Phi) is 5.83. The number of benzene rings is 2. The van der Waals surface area contributed by atoms with Gasteiger partial charge in [-0.1, -0.05) is 17.7 Å². The summed E-state index contributed by atoms with van der Waals surface area (Å²) in [5, 5.41) is 3.76. The van der Waals surface area contributed by atoms with Gasteiger partial charge in [0.25, 0.3) is 10.0 Å². The predicted molar refractivity (Wildman–Crippen MR) is 122 cm³/mol. The number of sulfonamides is 1. The highest BCUT2D eigenvalue weighted by atomic mass is 35.5. The van der Waals surface area contributed by atoms with Crippen LogP contribution in [-0.2, 0) is 10.0 Å². The summed E-state index contributed by atoms with van der Waals surface area (Å²) in [6.07, 6.45) is 4.81. The van der Waals surface area contributed by atoms with Crippen LogP contribution in [0, 0.1) is 6.92 Å². The third-order valence-electron chi connectivity index (χ3n) is 4.53. The van der Waals surface area contributed by atoms with Gasteiger partial charge in [0.1, 0.15) is 12.1 Å². The van der Waals surface area contributed by atoms with Gasteiger partial charge in [-0.2, -0.15) is 0 Å². The van der Waals surface area contributed by atoms with E-state index in [1.54, 1.807) is 30.6 Å². The van der Waals surface area contributed by atoms with Crippen LogP contribution in [0.2, 0.25) is 5.02 Å². The molecule has 0 radical (unpaired) electrons. The van der Waals surface area contributed by atoms with Crippen molar-refractivity contribution < 1.29 is 8.42 Å². The van der Waals surface area contributed by atoms with Gasteiger partial charge < -0.3 is 5.32 Å². The number of hydrogen-bond donors (Lipinski definition) is 2. The topological polar surface area (TPSA) is 96.9 Å². The molecule has 31 heavy (non-hydrogen) atoms. The average Bonchev–Trinajstić information content (AvgIpc) is 2.77. The van der Waals surface area contributed by atoms with E-state index in [0.29, 0.717) is 22.2 Å². The maximum absolute atomic E-state index is 12.7. The van der Waals surface area contributed by atoms with Gasteiger partial charge in [0.15, 0.2) is 0 Å². The summed E-state index contributed by atoms with van der Waals surface area (Å²) in [4.78, 5) is 12.8. The normalized spacial score (nSPS) is 11.2. The second-order valence-corrected chi connectivity index (χ2v) is 8.83. The molecule has 2 heterocycles. The smallest absolute Gasteiger partial charge is 0.261 e. The number of aromatic nitrogens is 3. The molecule has 4 aromatic rings. The number of halogens is 1. The minimum Gasteiger partial charge on any atom is -0.339 e. The lowest BCUT2D eigenvalue weighted by atomic mass is 10.1. The minimum atomic E-state index is -3.75. The zero-order valence-electron chi connectivity index (χ0n) is 16.4. The molecule has 0 amide bonds. The molecule has 0 bridgehead atoms. The number of nitrogens with zero attached hydrogens (tertiary/aromatic N) is 3. The first-order valence-corrected chi connectivity index (χ1v) is 11.2. The second-order valence-electron chi connectivity index (χ2n) is 6.71. The standard InChI is InChI=1S/C22H18ClN5O2S/c1-15-4-7-17(28-31(29,30)18-8-5-16(23)6-9-18)13-21(15)27-22-19(3-2-11-25-22)20-10-12-24-14-26-20/h2-14,28H,1H3,(H,25,27). The zero-order chi connectivity index (χ0) is 21.8. The second kappa shape index (κ2) is 8.71. The van der Waals surface area contributed by atoms with E-state index >= 15 is 0 Å². The molecule has 2 aromatic carbocycles. The largest absolute Gasteiger partial charge is 0.339 e. The predicted octanol–water partition coefficient (Wildman–Crippen LogP) is 5.04. The fraction of sp³-hybridized carbons (Fsp3) is 0.0455. The lowest BCUT2D eigenvalue weighted by Crippen LogP contribution is -2.13. The van der Waals surface area contributed by atoms with E-state index in [4.69, 9.17) is 11.6 Å². The van der Waals surface area contributed by atoms with Gasteiger partial charge in [-0.15, -0.1) is 0 Å². The molecule has 0 atom stereocenters. The summed E-state index contributed by atoms with van der Waals surface area (Å²) in [5.74, 6) is 0.599. The van der Waals surface area contributed by atoms with Crippen LogP contribution in [0.5, 0.6) is 0 Å². The summed E-state index contributed by atoms with van der Waals surface area (Å²) in [7, 11) is -3.75. The molecular weight excluding hydrogens is 434 g/mol. The number of anilines is 3. The van der Waals surface area contributed by atoms with Crippen molar-refractivity contribution in [2.45, 2.75) is 11.8 Å². The maximum Gasteiger partial charge on any atom is 0.261 e. The minimum absolute atomic E-state index is 0.128. The Hall–Kier alpha value is -3.49.